The first-order valence-electron chi connectivity index (χ1n) is 9.83. The molecule has 7 nitrogen and oxygen atoms in total. The number of carbonyl (C=O) groups excluding carboxylic acids is 2. The molecule has 0 radical (unpaired) electrons. The highest BCUT2D eigenvalue weighted by Gasteiger charge is 2.25. The molecule has 1 fully saturated rings. The molecule has 1 atom stereocenters. The SMILES string of the molecule is COc1ccccc1C(CNC(=O)CCC(=O)c1cccnc1)N1CCOCC1. The first kappa shape index (κ1) is 21.0. The van der Waals surface area contributed by atoms with E-state index >= 15 is 0 Å². The predicted octanol–water partition coefficient (Wildman–Crippen LogP) is 2.24. The van der Waals surface area contributed by atoms with E-state index in [-0.39, 0.29) is 30.6 Å². The highest BCUT2D eigenvalue weighted by Crippen LogP contribution is 2.29. The number of ether oxygens (including phenoxy) is 2. The molecule has 1 amide bonds. The quantitative estimate of drug-likeness (QED) is 0.654. The second-order valence-electron chi connectivity index (χ2n) is 6.88. The molecule has 1 N–H and O–H groups in total. The number of Topliss-reactive ketones (excluding diaryl/α,β-unsaturated/α-hetero) is 1. The van der Waals surface area contributed by atoms with Gasteiger partial charge in [0, 0.05) is 56.0 Å². The lowest BCUT2D eigenvalue weighted by Crippen LogP contribution is -2.44. The summed E-state index contributed by atoms with van der Waals surface area (Å²) in [6, 6.07) is 11.3. The van der Waals surface area contributed by atoms with E-state index in [9.17, 15) is 9.59 Å². The number of nitrogens with one attached hydrogen (secondary N) is 1. The molecule has 3 rings (SSSR count). The summed E-state index contributed by atoms with van der Waals surface area (Å²) in [5, 5.41) is 2.99. The predicted molar refractivity (Wildman–Crippen MR) is 109 cm³/mol. The Morgan fingerprint density at radius 1 is 1.17 bits per heavy atom. The zero-order chi connectivity index (χ0) is 20.5. The van der Waals surface area contributed by atoms with E-state index in [1.807, 2.05) is 24.3 Å². The van der Waals surface area contributed by atoms with Crippen LogP contribution in [0, 0.1) is 0 Å². The summed E-state index contributed by atoms with van der Waals surface area (Å²) >= 11 is 0. The van der Waals surface area contributed by atoms with E-state index in [4.69, 9.17) is 9.47 Å². The van der Waals surface area contributed by atoms with Crippen molar-refractivity contribution in [2.45, 2.75) is 18.9 Å². The molecule has 1 aromatic heterocycles. The van der Waals surface area contributed by atoms with E-state index in [0.29, 0.717) is 25.3 Å². The fraction of sp³-hybridized carbons (Fsp3) is 0.409. The Bertz CT molecular complexity index is 807. The Balaban J connectivity index is 1.60. The highest BCUT2D eigenvalue weighted by atomic mass is 16.5. The average molecular weight is 397 g/mol. The van der Waals surface area contributed by atoms with Gasteiger partial charge in [-0.1, -0.05) is 18.2 Å². The Labute approximate surface area is 171 Å². The van der Waals surface area contributed by atoms with E-state index in [1.165, 1.54) is 6.20 Å². The number of rotatable bonds is 9. The third-order valence-corrected chi connectivity index (χ3v) is 5.04. The molecule has 29 heavy (non-hydrogen) atoms. The lowest BCUT2D eigenvalue weighted by Gasteiger charge is -2.35. The zero-order valence-electron chi connectivity index (χ0n) is 16.7. The molecule has 1 aromatic carbocycles. The number of hydrogen-bond donors (Lipinski definition) is 1. The Morgan fingerprint density at radius 3 is 2.69 bits per heavy atom. The van der Waals surface area contributed by atoms with Crippen LogP contribution in [-0.2, 0) is 9.53 Å². The molecule has 154 valence electrons. The van der Waals surface area contributed by atoms with Crippen molar-refractivity contribution in [3.05, 3.63) is 59.9 Å². The van der Waals surface area contributed by atoms with Crippen molar-refractivity contribution in [3.8, 4) is 5.75 Å². The minimum atomic E-state index is -0.143. The third-order valence-electron chi connectivity index (χ3n) is 5.04. The van der Waals surface area contributed by atoms with E-state index in [1.54, 1.807) is 25.4 Å². The van der Waals surface area contributed by atoms with Crippen LogP contribution in [0.3, 0.4) is 0 Å². The van der Waals surface area contributed by atoms with Gasteiger partial charge in [0.05, 0.1) is 26.4 Å². The average Bonchev–Trinajstić information content (AvgIpc) is 2.79. The van der Waals surface area contributed by atoms with Crippen LogP contribution in [0.1, 0.15) is 34.8 Å². The second kappa shape index (κ2) is 10.7. The van der Waals surface area contributed by atoms with Crippen LogP contribution in [0.2, 0.25) is 0 Å². The van der Waals surface area contributed by atoms with Gasteiger partial charge in [-0.3, -0.25) is 19.5 Å². The maximum Gasteiger partial charge on any atom is 0.220 e. The lowest BCUT2D eigenvalue weighted by molar-refractivity contribution is -0.121. The number of methoxy groups -OCH3 is 1. The van der Waals surface area contributed by atoms with E-state index in [2.05, 4.69) is 15.2 Å². The van der Waals surface area contributed by atoms with Gasteiger partial charge in [-0.05, 0) is 18.2 Å². The van der Waals surface area contributed by atoms with Crippen LogP contribution in [0.4, 0.5) is 0 Å². The molecule has 2 aromatic rings. The molecular formula is C22H27N3O4. The number of nitrogens with zero attached hydrogens (tertiary/aromatic N) is 2. The second-order valence-corrected chi connectivity index (χ2v) is 6.88. The molecule has 1 saturated heterocycles. The monoisotopic (exact) mass is 397 g/mol. The van der Waals surface area contributed by atoms with Crippen molar-refractivity contribution in [1.82, 2.24) is 15.2 Å². The minimum absolute atomic E-state index is 0.0203. The summed E-state index contributed by atoms with van der Waals surface area (Å²) in [5.41, 5.74) is 1.56. The maximum absolute atomic E-state index is 12.4. The van der Waals surface area contributed by atoms with Gasteiger partial charge in [-0.25, -0.2) is 0 Å². The van der Waals surface area contributed by atoms with Gasteiger partial charge >= 0.3 is 0 Å². The number of pyridine rings is 1. The molecule has 1 unspecified atom stereocenters. The van der Waals surface area contributed by atoms with Crippen LogP contribution >= 0.6 is 0 Å². The standard InChI is InChI=1S/C22H27N3O4/c1-28-21-7-3-2-6-18(21)19(25-11-13-29-14-12-25)16-24-22(27)9-8-20(26)17-5-4-10-23-15-17/h2-7,10,15,19H,8-9,11-14,16H2,1H3,(H,24,27). The van der Waals surface area contributed by atoms with Crippen LogP contribution in [0.25, 0.3) is 0 Å². The van der Waals surface area contributed by atoms with Crippen LogP contribution in [-0.4, -0.2) is 61.5 Å². The molecule has 7 heteroatoms. The maximum atomic E-state index is 12.4. The van der Waals surface area contributed by atoms with Crippen molar-refractivity contribution in [3.63, 3.8) is 0 Å². The van der Waals surface area contributed by atoms with Gasteiger partial charge in [-0.2, -0.15) is 0 Å². The zero-order valence-corrected chi connectivity index (χ0v) is 16.7. The summed E-state index contributed by atoms with van der Waals surface area (Å²) in [6.07, 6.45) is 3.45. The number of para-hydroxylation sites is 1. The number of morpholine rings is 1. The van der Waals surface area contributed by atoms with Crippen molar-refractivity contribution in [1.29, 1.82) is 0 Å². The number of ketones is 1. The summed E-state index contributed by atoms with van der Waals surface area (Å²) in [7, 11) is 1.65. The van der Waals surface area contributed by atoms with Gasteiger partial charge < -0.3 is 14.8 Å². The fourth-order valence-electron chi connectivity index (χ4n) is 3.46. The fourth-order valence-corrected chi connectivity index (χ4v) is 3.46. The normalized spacial score (nSPS) is 15.5. The van der Waals surface area contributed by atoms with Gasteiger partial charge in [-0.15, -0.1) is 0 Å². The molecule has 1 aliphatic rings. The third kappa shape index (κ3) is 5.85. The summed E-state index contributed by atoms with van der Waals surface area (Å²) in [4.78, 5) is 30.8. The van der Waals surface area contributed by atoms with Crippen molar-refractivity contribution >= 4 is 11.7 Å². The molecule has 2 heterocycles. The highest BCUT2D eigenvalue weighted by molar-refractivity contribution is 5.97. The largest absolute Gasteiger partial charge is 0.496 e. The van der Waals surface area contributed by atoms with Gasteiger partial charge in [0.15, 0.2) is 5.78 Å². The van der Waals surface area contributed by atoms with E-state index < -0.39 is 0 Å². The summed E-state index contributed by atoms with van der Waals surface area (Å²) in [6.45, 7) is 3.36. The molecule has 0 saturated carbocycles. The topological polar surface area (TPSA) is 80.8 Å². The number of amides is 1. The van der Waals surface area contributed by atoms with Crippen molar-refractivity contribution in [2.24, 2.45) is 0 Å². The molecule has 0 aliphatic carbocycles. The Kier molecular flexibility index (Phi) is 7.72. The molecule has 1 aliphatic heterocycles. The Morgan fingerprint density at radius 2 is 1.97 bits per heavy atom. The molecule has 0 bridgehead atoms. The van der Waals surface area contributed by atoms with Gasteiger partial charge in [0.2, 0.25) is 5.91 Å². The summed E-state index contributed by atoms with van der Waals surface area (Å²) < 4.78 is 11.0. The van der Waals surface area contributed by atoms with Crippen LogP contribution in [0.5, 0.6) is 5.75 Å². The Hall–Kier alpha value is -2.77. The number of benzene rings is 1. The number of hydrogen-bond acceptors (Lipinski definition) is 6. The van der Waals surface area contributed by atoms with Crippen molar-refractivity contribution in [2.75, 3.05) is 40.0 Å². The smallest absolute Gasteiger partial charge is 0.220 e. The lowest BCUT2D eigenvalue weighted by atomic mass is 10.0. The summed E-state index contributed by atoms with van der Waals surface area (Å²) in [5.74, 6) is 0.572. The molecular weight excluding hydrogens is 370 g/mol. The first-order chi connectivity index (χ1) is 14.2. The van der Waals surface area contributed by atoms with Crippen molar-refractivity contribution < 1.29 is 19.1 Å². The van der Waals surface area contributed by atoms with Gasteiger partial charge in [0.25, 0.3) is 0 Å². The van der Waals surface area contributed by atoms with Crippen LogP contribution in [0.15, 0.2) is 48.8 Å². The number of aromatic nitrogens is 1. The van der Waals surface area contributed by atoms with E-state index in [0.717, 1.165) is 24.4 Å². The number of carbonyl (C=O) groups is 2. The van der Waals surface area contributed by atoms with Crippen LogP contribution < -0.4 is 10.1 Å². The minimum Gasteiger partial charge on any atom is -0.496 e. The molecule has 0 spiro atoms. The van der Waals surface area contributed by atoms with Gasteiger partial charge in [0.1, 0.15) is 5.75 Å². The first-order valence-corrected chi connectivity index (χ1v) is 9.83.